The van der Waals surface area contributed by atoms with E-state index in [9.17, 15) is 0 Å². The Morgan fingerprint density at radius 3 is 0.960 bits per heavy atom. The molecule has 0 saturated carbocycles. The van der Waals surface area contributed by atoms with Gasteiger partial charge < -0.3 is 4.57 Å². The second-order valence-electron chi connectivity index (χ2n) is 12.9. The van der Waals surface area contributed by atoms with Gasteiger partial charge >= 0.3 is 223 Å². The molecule has 0 atom stereocenters. The number of para-hydroxylation sites is 2. The molecule has 236 valence electrons. The summed E-state index contributed by atoms with van der Waals surface area (Å²) < 4.78 is 8.11. The van der Waals surface area contributed by atoms with Crippen molar-refractivity contribution in [2.45, 2.75) is 0 Å². The Bertz CT molecular complexity index is 2380. The Morgan fingerprint density at radius 1 is 0.260 bits per heavy atom. The van der Waals surface area contributed by atoms with Crippen LogP contribution in [0.5, 0.6) is 0 Å². The molecule has 0 fully saturated rings. The van der Waals surface area contributed by atoms with Crippen molar-refractivity contribution in [3.8, 4) is 27.9 Å². The monoisotopic (exact) mass is 699 g/mol. The maximum atomic E-state index is 2.39. The number of aromatic nitrogens is 1. The quantitative estimate of drug-likeness (QED) is 0.146. The molecule has 1 aromatic heterocycles. The third kappa shape index (κ3) is 5.10. The van der Waals surface area contributed by atoms with Gasteiger partial charge in [-0.05, 0) is 12.1 Å². The molecule has 0 N–H and O–H groups in total. The van der Waals surface area contributed by atoms with Crippen LogP contribution in [0.15, 0.2) is 212 Å². The van der Waals surface area contributed by atoms with Gasteiger partial charge in [-0.2, -0.15) is 0 Å². The molecular weight excluding hydrogens is 663 g/mol. The Hall–Kier alpha value is -5.90. The van der Waals surface area contributed by atoms with E-state index in [1.807, 2.05) is 0 Å². The number of hydrogen-bond donors (Lipinski definition) is 0. The van der Waals surface area contributed by atoms with Gasteiger partial charge in [0.15, 0.2) is 0 Å². The SMILES string of the molecule is c1cc[c]([Ge]([c]2ccccc2)([c]2ccccc2)[c]2ccc(-c3ccc(-c4ccc(-n5c6ccccc6c6ccccc65)cc4)cc3)cc2)cc1. The van der Waals surface area contributed by atoms with Crippen LogP contribution in [0.2, 0.25) is 0 Å². The summed E-state index contributed by atoms with van der Waals surface area (Å²) in [4.78, 5) is 0. The summed E-state index contributed by atoms with van der Waals surface area (Å²) in [6.07, 6.45) is 0. The zero-order valence-corrected chi connectivity index (χ0v) is 29.8. The predicted molar refractivity (Wildman–Crippen MR) is 215 cm³/mol. The van der Waals surface area contributed by atoms with Gasteiger partial charge in [0.1, 0.15) is 0 Å². The molecule has 8 aromatic carbocycles. The first-order valence-corrected chi connectivity index (χ1v) is 21.5. The number of fused-ring (bicyclic) bond motifs is 3. The van der Waals surface area contributed by atoms with Crippen LogP contribution in [-0.2, 0) is 0 Å². The molecule has 50 heavy (non-hydrogen) atoms. The molecule has 9 rings (SSSR count). The van der Waals surface area contributed by atoms with E-state index in [2.05, 4.69) is 217 Å². The van der Waals surface area contributed by atoms with Gasteiger partial charge in [0, 0.05) is 10.8 Å². The minimum atomic E-state index is -3.26. The van der Waals surface area contributed by atoms with Crippen LogP contribution in [0, 0.1) is 0 Å². The summed E-state index contributed by atoms with van der Waals surface area (Å²) in [6, 6.07) is 78.3. The Labute approximate surface area is 296 Å². The summed E-state index contributed by atoms with van der Waals surface area (Å²) >= 11 is -3.26. The molecule has 0 amide bonds. The van der Waals surface area contributed by atoms with Crippen molar-refractivity contribution in [3.63, 3.8) is 0 Å². The molecule has 0 radical (unpaired) electrons. The van der Waals surface area contributed by atoms with Crippen LogP contribution in [0.3, 0.4) is 0 Å². The van der Waals surface area contributed by atoms with Crippen LogP contribution in [0.1, 0.15) is 0 Å². The van der Waals surface area contributed by atoms with Gasteiger partial charge in [0.25, 0.3) is 0 Å². The Balaban J connectivity index is 1.05. The van der Waals surface area contributed by atoms with E-state index in [-0.39, 0.29) is 0 Å². The summed E-state index contributed by atoms with van der Waals surface area (Å²) in [5.74, 6) is 0. The summed E-state index contributed by atoms with van der Waals surface area (Å²) in [5.41, 5.74) is 8.51. The van der Waals surface area contributed by atoms with Crippen molar-refractivity contribution in [2.24, 2.45) is 0 Å². The molecule has 1 heterocycles. The van der Waals surface area contributed by atoms with E-state index in [1.54, 1.807) is 0 Å². The van der Waals surface area contributed by atoms with Crippen LogP contribution in [0.4, 0.5) is 0 Å². The van der Waals surface area contributed by atoms with E-state index in [0.717, 1.165) is 0 Å². The molecule has 0 aliphatic carbocycles. The Morgan fingerprint density at radius 2 is 0.560 bits per heavy atom. The van der Waals surface area contributed by atoms with Gasteiger partial charge in [-0.25, -0.2) is 0 Å². The maximum absolute atomic E-state index is 3.26. The number of nitrogens with zero attached hydrogens (tertiary/aromatic N) is 1. The van der Waals surface area contributed by atoms with Crippen molar-refractivity contribution in [1.82, 2.24) is 4.57 Å². The van der Waals surface area contributed by atoms with E-state index in [4.69, 9.17) is 0 Å². The van der Waals surface area contributed by atoms with E-state index >= 15 is 0 Å². The first kappa shape index (κ1) is 30.2. The van der Waals surface area contributed by atoms with Crippen molar-refractivity contribution < 1.29 is 0 Å². The molecule has 0 aliphatic heterocycles. The number of benzene rings is 8. The molecule has 0 aliphatic rings. The average Bonchev–Trinajstić information content (AvgIpc) is 3.54. The number of hydrogen-bond acceptors (Lipinski definition) is 0. The van der Waals surface area contributed by atoms with Crippen LogP contribution >= 0.6 is 0 Å². The summed E-state index contributed by atoms with van der Waals surface area (Å²) in [5, 5.41) is 2.56. The molecule has 0 saturated heterocycles. The third-order valence-electron chi connectivity index (χ3n) is 10.2. The molecule has 0 spiro atoms. The van der Waals surface area contributed by atoms with Gasteiger partial charge in [-0.3, -0.25) is 0 Å². The normalized spacial score (nSPS) is 11.6. The van der Waals surface area contributed by atoms with Crippen LogP contribution in [0.25, 0.3) is 49.7 Å². The molecule has 2 heteroatoms. The van der Waals surface area contributed by atoms with Gasteiger partial charge in [-0.15, -0.1) is 0 Å². The topological polar surface area (TPSA) is 4.93 Å². The van der Waals surface area contributed by atoms with E-state index < -0.39 is 13.3 Å². The molecule has 0 bridgehead atoms. The fourth-order valence-electron chi connectivity index (χ4n) is 7.84. The second-order valence-corrected chi connectivity index (χ2v) is 20.9. The third-order valence-corrected chi connectivity index (χ3v) is 20.3. The van der Waals surface area contributed by atoms with Gasteiger partial charge in [-0.1, -0.05) is 36.4 Å². The van der Waals surface area contributed by atoms with Crippen molar-refractivity contribution >= 4 is 52.7 Å². The van der Waals surface area contributed by atoms with Crippen molar-refractivity contribution in [3.05, 3.63) is 212 Å². The zero-order valence-electron chi connectivity index (χ0n) is 27.7. The van der Waals surface area contributed by atoms with Crippen molar-refractivity contribution in [1.29, 1.82) is 0 Å². The van der Waals surface area contributed by atoms with Gasteiger partial charge in [0.2, 0.25) is 0 Å². The second kappa shape index (κ2) is 12.9. The summed E-state index contributed by atoms with van der Waals surface area (Å²) in [7, 11) is 0. The van der Waals surface area contributed by atoms with E-state index in [1.165, 1.54) is 67.3 Å². The average molecular weight is 698 g/mol. The first-order chi connectivity index (χ1) is 24.8. The molecule has 1 nitrogen and oxygen atoms in total. The minimum absolute atomic E-state index is 1.17. The zero-order chi connectivity index (χ0) is 33.3. The van der Waals surface area contributed by atoms with Crippen molar-refractivity contribution in [2.75, 3.05) is 0 Å². The van der Waals surface area contributed by atoms with E-state index in [0.29, 0.717) is 0 Å². The van der Waals surface area contributed by atoms with Crippen LogP contribution < -0.4 is 17.6 Å². The first-order valence-electron chi connectivity index (χ1n) is 17.3. The molecular formula is C48H35GeN. The van der Waals surface area contributed by atoms with Gasteiger partial charge in [0.05, 0.1) is 11.0 Å². The molecule has 0 unspecified atom stereocenters. The van der Waals surface area contributed by atoms with Crippen LogP contribution in [-0.4, -0.2) is 17.8 Å². The number of rotatable bonds is 7. The standard InChI is InChI=1S/C48H35GeN/c1-4-14-40(15-5-1)49(41-16-6-2-7-17-41,42-18-8-3-9-19-42)43-32-28-38(29-33-43)36-24-26-37(27-25-36)39-30-34-44(35-31-39)50-47-22-12-10-20-45(47)46-21-11-13-23-48(46)50/h1-35H. The summed E-state index contributed by atoms with van der Waals surface area (Å²) in [6.45, 7) is 0. The predicted octanol–water partition coefficient (Wildman–Crippen LogP) is 9.50. The fraction of sp³-hybridized carbons (Fsp3) is 0. The fourth-order valence-corrected chi connectivity index (χ4v) is 17.8. The molecule has 9 aromatic rings. The Kier molecular flexibility index (Phi) is 7.76.